The smallest absolute Gasteiger partial charge is 0.258 e. The molecule has 142 valence electrons. The zero-order valence-electron chi connectivity index (χ0n) is 15.1. The fourth-order valence-electron chi connectivity index (χ4n) is 2.45. The van der Waals surface area contributed by atoms with Crippen LogP contribution < -0.4 is 14.8 Å². The second-order valence-electron chi connectivity index (χ2n) is 5.77. The predicted molar refractivity (Wildman–Crippen MR) is 107 cm³/mol. The van der Waals surface area contributed by atoms with E-state index in [0.29, 0.717) is 17.3 Å². The first kappa shape index (κ1) is 22.1. The van der Waals surface area contributed by atoms with Gasteiger partial charge in [-0.1, -0.05) is 29.8 Å². The fourth-order valence-corrected chi connectivity index (χ4v) is 2.58. The van der Waals surface area contributed by atoms with E-state index >= 15 is 0 Å². The lowest BCUT2D eigenvalue weighted by atomic mass is 10.0. The van der Waals surface area contributed by atoms with Gasteiger partial charge in [0, 0.05) is 17.1 Å². The molecule has 2 rings (SSSR count). The van der Waals surface area contributed by atoms with Crippen LogP contribution >= 0.6 is 24.0 Å². The summed E-state index contributed by atoms with van der Waals surface area (Å²) in [5, 5.41) is 3.54. The Kier molecular flexibility index (Phi) is 9.27. The summed E-state index contributed by atoms with van der Waals surface area (Å²) in [5.41, 5.74) is 1.02. The largest absolute Gasteiger partial charge is 0.496 e. The van der Waals surface area contributed by atoms with Gasteiger partial charge in [-0.15, -0.1) is 12.4 Å². The lowest BCUT2D eigenvalue weighted by Gasteiger charge is -2.26. The molecule has 0 heterocycles. The Hall–Kier alpha value is -1.95. The fraction of sp³-hybridized carbons (Fsp3) is 0.316. The minimum atomic E-state index is -0.184. The summed E-state index contributed by atoms with van der Waals surface area (Å²) < 4.78 is 10.9. The van der Waals surface area contributed by atoms with Gasteiger partial charge in [-0.3, -0.25) is 4.79 Å². The summed E-state index contributed by atoms with van der Waals surface area (Å²) in [6, 6.07) is 14.7. The van der Waals surface area contributed by atoms with Crippen LogP contribution in [0.4, 0.5) is 0 Å². The zero-order valence-corrected chi connectivity index (χ0v) is 16.6. The first-order valence-corrected chi connectivity index (χ1v) is 8.33. The molecule has 1 N–H and O–H groups in total. The maximum absolute atomic E-state index is 12.1. The van der Waals surface area contributed by atoms with Gasteiger partial charge in [0.15, 0.2) is 6.61 Å². The third-order valence-electron chi connectivity index (χ3n) is 3.80. The van der Waals surface area contributed by atoms with Crippen molar-refractivity contribution in [3.63, 3.8) is 0 Å². The van der Waals surface area contributed by atoms with Gasteiger partial charge >= 0.3 is 0 Å². The van der Waals surface area contributed by atoms with Crippen LogP contribution in [0.3, 0.4) is 0 Å². The van der Waals surface area contributed by atoms with Crippen molar-refractivity contribution in [1.82, 2.24) is 10.2 Å². The monoisotopic (exact) mass is 398 g/mol. The number of carbonyl (C=O) groups excluding carboxylic acids is 1. The van der Waals surface area contributed by atoms with E-state index in [1.54, 1.807) is 31.4 Å². The van der Waals surface area contributed by atoms with Gasteiger partial charge in [-0.05, 0) is 44.4 Å². The molecule has 0 aromatic heterocycles. The molecule has 5 nitrogen and oxygen atoms in total. The molecule has 0 aliphatic rings. The van der Waals surface area contributed by atoms with Crippen molar-refractivity contribution in [1.29, 1.82) is 0 Å². The Bertz CT molecular complexity index is 693. The number of nitrogens with one attached hydrogen (secondary N) is 1. The molecule has 26 heavy (non-hydrogen) atoms. The van der Waals surface area contributed by atoms with E-state index in [-0.39, 0.29) is 31.0 Å². The van der Waals surface area contributed by atoms with Crippen molar-refractivity contribution >= 4 is 29.9 Å². The maximum atomic E-state index is 12.1. The number of hydrogen-bond donors (Lipinski definition) is 1. The third kappa shape index (κ3) is 6.41. The van der Waals surface area contributed by atoms with Crippen LogP contribution in [-0.4, -0.2) is 45.2 Å². The Balaban J connectivity index is 0.00000338. The number of ether oxygens (including phenoxy) is 2. The molecule has 7 heteroatoms. The highest BCUT2D eigenvalue weighted by molar-refractivity contribution is 6.30. The van der Waals surface area contributed by atoms with Crippen LogP contribution in [-0.2, 0) is 4.79 Å². The number of para-hydroxylation sites is 1. The van der Waals surface area contributed by atoms with Gasteiger partial charge in [0.1, 0.15) is 11.5 Å². The topological polar surface area (TPSA) is 50.8 Å². The molecule has 2 aromatic carbocycles. The molecule has 2 aromatic rings. The lowest BCUT2D eigenvalue weighted by Crippen LogP contribution is -2.37. The molecule has 0 saturated heterocycles. The standard InChI is InChI=1S/C19H23ClN2O3.ClH/c1-22(2)17(16-6-4-5-7-18(16)24-3)12-21-19(23)13-25-15-10-8-14(20)9-11-15;/h4-11,17H,12-13H2,1-3H3,(H,21,23);1H. The van der Waals surface area contributed by atoms with Crippen molar-refractivity contribution in [3.05, 3.63) is 59.1 Å². The molecule has 0 fully saturated rings. The van der Waals surface area contributed by atoms with Crippen LogP contribution in [0.5, 0.6) is 11.5 Å². The second kappa shape index (κ2) is 10.9. The van der Waals surface area contributed by atoms with Crippen molar-refractivity contribution in [2.45, 2.75) is 6.04 Å². The molecular formula is C19H24Cl2N2O3. The van der Waals surface area contributed by atoms with E-state index in [0.717, 1.165) is 11.3 Å². The number of likely N-dealkylation sites (N-methyl/N-ethyl adjacent to an activating group) is 1. The molecule has 1 atom stereocenters. The molecule has 1 unspecified atom stereocenters. The van der Waals surface area contributed by atoms with Gasteiger partial charge in [-0.25, -0.2) is 0 Å². The van der Waals surface area contributed by atoms with Crippen molar-refractivity contribution in [2.24, 2.45) is 0 Å². The number of halogens is 2. The van der Waals surface area contributed by atoms with E-state index in [9.17, 15) is 4.79 Å². The Morgan fingerprint density at radius 1 is 1.15 bits per heavy atom. The van der Waals surface area contributed by atoms with Crippen LogP contribution in [0.25, 0.3) is 0 Å². The second-order valence-corrected chi connectivity index (χ2v) is 6.20. The molecule has 1 amide bonds. The van der Waals surface area contributed by atoms with Crippen LogP contribution in [0.1, 0.15) is 11.6 Å². The molecule has 0 bridgehead atoms. The summed E-state index contributed by atoms with van der Waals surface area (Å²) >= 11 is 5.82. The highest BCUT2D eigenvalue weighted by Gasteiger charge is 2.19. The number of amides is 1. The van der Waals surface area contributed by atoms with Gasteiger partial charge in [0.05, 0.1) is 13.2 Å². The zero-order chi connectivity index (χ0) is 18.2. The molecule has 0 aliphatic carbocycles. The van der Waals surface area contributed by atoms with Crippen molar-refractivity contribution in [2.75, 3.05) is 34.4 Å². The van der Waals surface area contributed by atoms with Gasteiger partial charge in [0.2, 0.25) is 0 Å². The predicted octanol–water partition coefficient (Wildman–Crippen LogP) is 3.57. The number of rotatable bonds is 8. The van der Waals surface area contributed by atoms with Crippen LogP contribution in [0.2, 0.25) is 5.02 Å². The first-order valence-electron chi connectivity index (χ1n) is 7.95. The molecule has 0 spiro atoms. The minimum Gasteiger partial charge on any atom is -0.496 e. The SMILES string of the molecule is COc1ccccc1C(CNC(=O)COc1ccc(Cl)cc1)N(C)C.Cl. The third-order valence-corrected chi connectivity index (χ3v) is 4.05. The van der Waals surface area contributed by atoms with Gasteiger partial charge < -0.3 is 19.7 Å². The summed E-state index contributed by atoms with van der Waals surface area (Å²) in [7, 11) is 5.57. The summed E-state index contributed by atoms with van der Waals surface area (Å²) in [5.74, 6) is 1.22. The average Bonchev–Trinajstić information content (AvgIpc) is 2.61. The Morgan fingerprint density at radius 3 is 2.42 bits per heavy atom. The van der Waals surface area contributed by atoms with E-state index in [1.165, 1.54) is 0 Å². The molecule has 0 saturated carbocycles. The summed E-state index contributed by atoms with van der Waals surface area (Å²) in [6.45, 7) is 0.407. The first-order chi connectivity index (χ1) is 12.0. The Morgan fingerprint density at radius 2 is 1.81 bits per heavy atom. The van der Waals surface area contributed by atoms with E-state index < -0.39 is 0 Å². The summed E-state index contributed by atoms with van der Waals surface area (Å²) in [4.78, 5) is 14.1. The number of benzene rings is 2. The average molecular weight is 399 g/mol. The number of carbonyl (C=O) groups is 1. The van der Waals surface area contributed by atoms with Gasteiger partial charge in [0.25, 0.3) is 5.91 Å². The number of hydrogen-bond acceptors (Lipinski definition) is 4. The van der Waals surface area contributed by atoms with Gasteiger partial charge in [-0.2, -0.15) is 0 Å². The highest BCUT2D eigenvalue weighted by Crippen LogP contribution is 2.27. The Labute approximate surface area is 165 Å². The normalized spacial score (nSPS) is 11.4. The van der Waals surface area contributed by atoms with E-state index in [2.05, 4.69) is 5.32 Å². The van der Waals surface area contributed by atoms with Crippen molar-refractivity contribution < 1.29 is 14.3 Å². The van der Waals surface area contributed by atoms with Crippen LogP contribution in [0.15, 0.2) is 48.5 Å². The highest BCUT2D eigenvalue weighted by atomic mass is 35.5. The minimum absolute atomic E-state index is 0. The quantitative estimate of drug-likeness (QED) is 0.738. The number of nitrogens with zero attached hydrogens (tertiary/aromatic N) is 1. The molecule has 0 aliphatic heterocycles. The van der Waals surface area contributed by atoms with Crippen LogP contribution in [0, 0.1) is 0 Å². The lowest BCUT2D eigenvalue weighted by molar-refractivity contribution is -0.123. The maximum Gasteiger partial charge on any atom is 0.258 e. The van der Waals surface area contributed by atoms with Crippen molar-refractivity contribution in [3.8, 4) is 11.5 Å². The molecular weight excluding hydrogens is 375 g/mol. The van der Waals surface area contributed by atoms with E-state index in [4.69, 9.17) is 21.1 Å². The van der Waals surface area contributed by atoms with E-state index in [1.807, 2.05) is 43.3 Å². The molecule has 0 radical (unpaired) electrons. The summed E-state index contributed by atoms with van der Waals surface area (Å²) in [6.07, 6.45) is 0. The number of methoxy groups -OCH3 is 1.